The third kappa shape index (κ3) is 6.04. The number of anilines is 1. The number of aliphatic imine (C=N–C) groups is 1. The van der Waals surface area contributed by atoms with Crippen molar-refractivity contribution in [2.24, 2.45) is 4.99 Å². The molecule has 2 rings (SSSR count). The van der Waals surface area contributed by atoms with Crippen molar-refractivity contribution >= 4 is 11.6 Å². The molecule has 6 nitrogen and oxygen atoms in total. The molecule has 0 aliphatic carbocycles. The van der Waals surface area contributed by atoms with Gasteiger partial charge >= 0.3 is 6.61 Å². The molecule has 0 saturated carbocycles. The van der Waals surface area contributed by atoms with Crippen LogP contribution in [0.25, 0.3) is 0 Å². The number of para-hydroxylation sites is 2. The molecule has 1 aliphatic rings. The molecule has 140 valence electrons. The van der Waals surface area contributed by atoms with Crippen LogP contribution in [0.3, 0.4) is 0 Å². The van der Waals surface area contributed by atoms with E-state index in [1.807, 2.05) is 17.9 Å². The lowest BCUT2D eigenvalue weighted by atomic mass is 10.2. The molecule has 1 fully saturated rings. The minimum absolute atomic E-state index is 0.179. The Kier molecular flexibility index (Phi) is 7.72. The van der Waals surface area contributed by atoms with Crippen LogP contribution in [0, 0.1) is 0 Å². The van der Waals surface area contributed by atoms with E-state index in [1.54, 1.807) is 25.2 Å². The molecule has 0 aromatic heterocycles. The first kappa shape index (κ1) is 19.2. The lowest BCUT2D eigenvalue weighted by molar-refractivity contribution is -0.0495. The Hall–Kier alpha value is -2.09. The van der Waals surface area contributed by atoms with E-state index < -0.39 is 6.61 Å². The fourth-order valence-corrected chi connectivity index (χ4v) is 2.78. The molecule has 1 unspecified atom stereocenters. The summed E-state index contributed by atoms with van der Waals surface area (Å²) in [4.78, 5) is 6.24. The number of nitrogens with one attached hydrogen (secondary N) is 2. The predicted octanol–water partition coefficient (Wildman–Crippen LogP) is 2.07. The van der Waals surface area contributed by atoms with Gasteiger partial charge in [0.25, 0.3) is 0 Å². The maximum absolute atomic E-state index is 12.6. The van der Waals surface area contributed by atoms with Crippen LogP contribution in [-0.4, -0.2) is 58.5 Å². The van der Waals surface area contributed by atoms with Crippen LogP contribution in [0.4, 0.5) is 14.5 Å². The maximum atomic E-state index is 12.6. The Labute approximate surface area is 147 Å². The van der Waals surface area contributed by atoms with Gasteiger partial charge in [-0.3, -0.25) is 4.99 Å². The average Bonchev–Trinajstić information content (AvgIpc) is 3.06. The normalized spacial score (nSPS) is 17.9. The second-order valence-corrected chi connectivity index (χ2v) is 5.62. The second-order valence-electron chi connectivity index (χ2n) is 5.62. The summed E-state index contributed by atoms with van der Waals surface area (Å²) in [5, 5.41) is 6.55. The van der Waals surface area contributed by atoms with Gasteiger partial charge in [0, 0.05) is 39.3 Å². The van der Waals surface area contributed by atoms with E-state index >= 15 is 0 Å². The first-order valence-electron chi connectivity index (χ1n) is 8.47. The number of nitrogens with zero attached hydrogens (tertiary/aromatic N) is 2. The molecule has 1 aromatic rings. The second kappa shape index (κ2) is 10.0. The SMILES string of the molecule is CCOCCNC(=NC)NC1CCN(c2ccccc2OC(F)F)C1. The zero-order valence-corrected chi connectivity index (χ0v) is 14.7. The molecule has 8 heteroatoms. The highest BCUT2D eigenvalue weighted by atomic mass is 19.3. The Morgan fingerprint density at radius 2 is 2.20 bits per heavy atom. The number of hydrogen-bond acceptors (Lipinski definition) is 4. The van der Waals surface area contributed by atoms with E-state index in [2.05, 4.69) is 20.4 Å². The predicted molar refractivity (Wildman–Crippen MR) is 94.7 cm³/mol. The maximum Gasteiger partial charge on any atom is 0.387 e. The minimum Gasteiger partial charge on any atom is -0.433 e. The zero-order valence-electron chi connectivity index (χ0n) is 14.7. The molecule has 1 atom stereocenters. The van der Waals surface area contributed by atoms with Crippen molar-refractivity contribution in [3.63, 3.8) is 0 Å². The van der Waals surface area contributed by atoms with Gasteiger partial charge in [0.2, 0.25) is 0 Å². The number of ether oxygens (including phenoxy) is 2. The van der Waals surface area contributed by atoms with Crippen molar-refractivity contribution in [3.05, 3.63) is 24.3 Å². The number of hydrogen-bond donors (Lipinski definition) is 2. The van der Waals surface area contributed by atoms with Crippen molar-refractivity contribution in [2.75, 3.05) is 44.8 Å². The Morgan fingerprint density at radius 1 is 1.40 bits per heavy atom. The Morgan fingerprint density at radius 3 is 2.92 bits per heavy atom. The van der Waals surface area contributed by atoms with Gasteiger partial charge in [-0.15, -0.1) is 0 Å². The van der Waals surface area contributed by atoms with E-state index in [9.17, 15) is 8.78 Å². The van der Waals surface area contributed by atoms with Crippen LogP contribution in [0.1, 0.15) is 13.3 Å². The first-order valence-corrected chi connectivity index (χ1v) is 8.47. The van der Waals surface area contributed by atoms with Crippen LogP contribution in [0.15, 0.2) is 29.3 Å². The van der Waals surface area contributed by atoms with E-state index in [0.717, 1.165) is 13.0 Å². The molecule has 2 N–H and O–H groups in total. The molecule has 0 bridgehead atoms. The highest BCUT2D eigenvalue weighted by Crippen LogP contribution is 2.31. The topological polar surface area (TPSA) is 58.1 Å². The molecule has 1 heterocycles. The quantitative estimate of drug-likeness (QED) is 0.424. The number of benzene rings is 1. The fourth-order valence-electron chi connectivity index (χ4n) is 2.78. The number of guanidine groups is 1. The smallest absolute Gasteiger partial charge is 0.387 e. The highest BCUT2D eigenvalue weighted by molar-refractivity contribution is 5.80. The van der Waals surface area contributed by atoms with Crippen LogP contribution in [-0.2, 0) is 4.74 Å². The molecule has 1 saturated heterocycles. The van der Waals surface area contributed by atoms with E-state index in [4.69, 9.17) is 4.74 Å². The minimum atomic E-state index is -2.83. The lowest BCUT2D eigenvalue weighted by Gasteiger charge is -2.22. The summed E-state index contributed by atoms with van der Waals surface area (Å²) >= 11 is 0. The molecule has 0 amide bonds. The number of alkyl halides is 2. The van der Waals surface area contributed by atoms with Gasteiger partial charge in [-0.1, -0.05) is 12.1 Å². The summed E-state index contributed by atoms with van der Waals surface area (Å²) in [7, 11) is 1.72. The zero-order chi connectivity index (χ0) is 18.1. The molecule has 0 spiro atoms. The third-order valence-electron chi connectivity index (χ3n) is 3.92. The van der Waals surface area contributed by atoms with E-state index in [1.165, 1.54) is 0 Å². The molecule has 1 aromatic carbocycles. The highest BCUT2D eigenvalue weighted by Gasteiger charge is 2.25. The molecule has 25 heavy (non-hydrogen) atoms. The van der Waals surface area contributed by atoms with Crippen molar-refractivity contribution < 1.29 is 18.3 Å². The van der Waals surface area contributed by atoms with Gasteiger partial charge in [0.15, 0.2) is 5.96 Å². The molecule has 1 aliphatic heterocycles. The Bertz CT molecular complexity index is 557. The van der Waals surface area contributed by atoms with Crippen molar-refractivity contribution in [1.29, 1.82) is 0 Å². The standard InChI is InChI=1S/C17H26F2N4O2/c1-3-24-11-9-21-17(20-2)22-13-8-10-23(12-13)14-6-4-5-7-15(14)25-16(18)19/h4-7,13,16H,3,8-12H2,1-2H3,(H2,20,21,22). The van der Waals surface area contributed by atoms with Crippen LogP contribution in [0.2, 0.25) is 0 Å². The van der Waals surface area contributed by atoms with Crippen LogP contribution in [0.5, 0.6) is 5.75 Å². The van der Waals surface area contributed by atoms with Crippen molar-refractivity contribution in [1.82, 2.24) is 10.6 Å². The monoisotopic (exact) mass is 356 g/mol. The van der Waals surface area contributed by atoms with Gasteiger partial charge in [-0.05, 0) is 25.5 Å². The summed E-state index contributed by atoms with van der Waals surface area (Å²) in [6, 6.07) is 7.06. The van der Waals surface area contributed by atoms with E-state index in [-0.39, 0.29) is 11.8 Å². The van der Waals surface area contributed by atoms with Gasteiger partial charge in [0.1, 0.15) is 5.75 Å². The van der Waals surface area contributed by atoms with Crippen LogP contribution >= 0.6 is 0 Å². The fraction of sp³-hybridized carbons (Fsp3) is 0.588. The van der Waals surface area contributed by atoms with Crippen molar-refractivity contribution in [2.45, 2.75) is 26.0 Å². The van der Waals surface area contributed by atoms with E-state index in [0.29, 0.717) is 38.0 Å². The summed E-state index contributed by atoms with van der Waals surface area (Å²) in [6.07, 6.45) is 0.884. The number of halogens is 2. The summed E-state index contributed by atoms with van der Waals surface area (Å²) in [6.45, 7) is 2.56. The first-order chi connectivity index (χ1) is 12.1. The Balaban J connectivity index is 1.89. The molecular weight excluding hydrogens is 330 g/mol. The van der Waals surface area contributed by atoms with Gasteiger partial charge in [0.05, 0.1) is 12.3 Å². The van der Waals surface area contributed by atoms with Gasteiger partial charge in [-0.2, -0.15) is 8.78 Å². The average molecular weight is 356 g/mol. The lowest BCUT2D eigenvalue weighted by Crippen LogP contribution is -2.45. The molecule has 0 radical (unpaired) electrons. The summed E-state index contributed by atoms with van der Waals surface area (Å²) in [5.41, 5.74) is 0.686. The van der Waals surface area contributed by atoms with Gasteiger partial charge in [-0.25, -0.2) is 0 Å². The summed E-state index contributed by atoms with van der Waals surface area (Å²) in [5.74, 6) is 0.918. The van der Waals surface area contributed by atoms with Gasteiger partial charge < -0.3 is 25.0 Å². The number of rotatable bonds is 8. The van der Waals surface area contributed by atoms with Crippen molar-refractivity contribution in [3.8, 4) is 5.75 Å². The summed E-state index contributed by atoms with van der Waals surface area (Å²) < 4.78 is 35.1. The largest absolute Gasteiger partial charge is 0.433 e. The van der Waals surface area contributed by atoms with Crippen LogP contribution < -0.4 is 20.3 Å². The third-order valence-corrected chi connectivity index (χ3v) is 3.92. The molecular formula is C17H26F2N4O2.